The molecule has 0 atom stereocenters. The molecule has 0 aromatic carbocycles. The van der Waals surface area contributed by atoms with Gasteiger partial charge >= 0.3 is 0 Å². The van der Waals surface area contributed by atoms with E-state index >= 15 is 0 Å². The molecule has 0 aliphatic heterocycles. The van der Waals surface area contributed by atoms with Gasteiger partial charge in [0.2, 0.25) is 0 Å². The lowest BCUT2D eigenvalue weighted by Gasteiger charge is -2.05. The van der Waals surface area contributed by atoms with E-state index in [9.17, 15) is 0 Å². The zero-order valence-electron chi connectivity index (χ0n) is 10.1. The second kappa shape index (κ2) is 12.2. The minimum atomic E-state index is 0.412. The molecular weight excluding hydrogens is 210 g/mol. The summed E-state index contributed by atoms with van der Waals surface area (Å²) in [5, 5.41) is 3.73. The van der Waals surface area contributed by atoms with Gasteiger partial charge in [0.25, 0.3) is 0 Å². The number of oxime groups is 1. The molecule has 0 saturated carbocycles. The predicted molar refractivity (Wildman–Crippen MR) is 62.8 cm³/mol. The normalized spacial score (nSPS) is 11.5. The summed E-state index contributed by atoms with van der Waals surface area (Å²) in [6, 6.07) is 0. The third-order valence-electron chi connectivity index (χ3n) is 1.70. The predicted octanol–water partition coefficient (Wildman–Crippen LogP) is 1.24. The summed E-state index contributed by atoms with van der Waals surface area (Å²) >= 11 is 0. The molecule has 0 aromatic rings. The molecule has 0 spiro atoms. The Morgan fingerprint density at radius 2 is 1.88 bits per heavy atom. The van der Waals surface area contributed by atoms with Crippen LogP contribution in [0.5, 0.6) is 0 Å². The fourth-order valence-electron chi connectivity index (χ4n) is 0.924. The zero-order valence-corrected chi connectivity index (χ0v) is 10.1. The van der Waals surface area contributed by atoms with E-state index in [-0.39, 0.29) is 0 Å². The summed E-state index contributed by atoms with van der Waals surface area (Å²) in [5.41, 5.74) is 0.683. The van der Waals surface area contributed by atoms with Crippen molar-refractivity contribution >= 4 is 5.71 Å². The van der Waals surface area contributed by atoms with Crippen LogP contribution in [0.2, 0.25) is 0 Å². The molecule has 0 heterocycles. The summed E-state index contributed by atoms with van der Waals surface area (Å²) in [6.07, 6.45) is 2.46. The van der Waals surface area contributed by atoms with Crippen molar-refractivity contribution in [1.82, 2.24) is 0 Å². The van der Waals surface area contributed by atoms with Crippen LogP contribution in [-0.2, 0) is 19.0 Å². The van der Waals surface area contributed by atoms with Gasteiger partial charge in [-0.3, -0.25) is 0 Å². The Morgan fingerprint density at radius 1 is 1.12 bits per heavy atom. The van der Waals surface area contributed by atoms with Crippen LogP contribution in [0.1, 0.15) is 6.42 Å². The van der Waals surface area contributed by atoms with Gasteiger partial charge in [-0.15, -0.1) is 0 Å². The number of hydrogen-bond acceptors (Lipinski definition) is 5. The van der Waals surface area contributed by atoms with Crippen LogP contribution in [0.3, 0.4) is 0 Å². The van der Waals surface area contributed by atoms with Crippen LogP contribution in [0.15, 0.2) is 17.8 Å². The topological polar surface area (TPSA) is 49.3 Å². The zero-order chi connectivity index (χ0) is 12.1. The minimum absolute atomic E-state index is 0.412. The van der Waals surface area contributed by atoms with Gasteiger partial charge < -0.3 is 19.0 Å². The van der Waals surface area contributed by atoms with Gasteiger partial charge in [0.05, 0.1) is 19.8 Å². The monoisotopic (exact) mass is 231 g/mol. The number of rotatable bonds is 11. The molecule has 0 radical (unpaired) electrons. The summed E-state index contributed by atoms with van der Waals surface area (Å²) < 4.78 is 15.5. The second-order valence-electron chi connectivity index (χ2n) is 2.98. The maximum Gasteiger partial charge on any atom is 0.106 e. The Morgan fingerprint density at radius 3 is 2.50 bits per heavy atom. The Hall–Kier alpha value is -0.910. The Kier molecular flexibility index (Phi) is 11.5. The SMILES string of the molecule is C=C/C(COCCCOCCOC)=N\OC. The van der Waals surface area contributed by atoms with Crippen LogP contribution in [0.25, 0.3) is 0 Å². The van der Waals surface area contributed by atoms with Crippen molar-refractivity contribution in [2.24, 2.45) is 5.16 Å². The summed E-state index contributed by atoms with van der Waals surface area (Å²) in [6.45, 7) is 6.57. The Bertz CT molecular complexity index is 194. The van der Waals surface area contributed by atoms with Crippen LogP contribution in [0.4, 0.5) is 0 Å². The molecule has 94 valence electrons. The molecule has 0 aliphatic rings. The quantitative estimate of drug-likeness (QED) is 0.305. The third kappa shape index (κ3) is 9.64. The largest absolute Gasteiger partial charge is 0.399 e. The molecule has 0 rings (SSSR count). The highest BCUT2D eigenvalue weighted by molar-refractivity contribution is 5.95. The van der Waals surface area contributed by atoms with Gasteiger partial charge in [0.1, 0.15) is 12.8 Å². The van der Waals surface area contributed by atoms with Crippen molar-refractivity contribution in [1.29, 1.82) is 0 Å². The first-order chi connectivity index (χ1) is 7.85. The van der Waals surface area contributed by atoms with E-state index in [0.717, 1.165) is 6.42 Å². The van der Waals surface area contributed by atoms with Crippen LogP contribution in [0, 0.1) is 0 Å². The maximum atomic E-state index is 5.35. The van der Waals surface area contributed by atoms with Gasteiger partial charge in [-0.05, 0) is 12.5 Å². The van der Waals surface area contributed by atoms with E-state index in [1.165, 1.54) is 7.11 Å². The lowest BCUT2D eigenvalue weighted by molar-refractivity contribution is 0.0560. The molecule has 0 saturated heterocycles. The highest BCUT2D eigenvalue weighted by Crippen LogP contribution is 1.89. The van der Waals surface area contributed by atoms with Gasteiger partial charge in [0.15, 0.2) is 0 Å². The van der Waals surface area contributed by atoms with Crippen molar-refractivity contribution in [2.45, 2.75) is 6.42 Å². The maximum absolute atomic E-state index is 5.35. The molecule has 5 heteroatoms. The fraction of sp³-hybridized carbons (Fsp3) is 0.727. The average molecular weight is 231 g/mol. The van der Waals surface area contributed by atoms with Crippen molar-refractivity contribution < 1.29 is 19.0 Å². The lowest BCUT2D eigenvalue weighted by atomic mass is 10.4. The molecule has 0 amide bonds. The minimum Gasteiger partial charge on any atom is -0.399 e. The van der Waals surface area contributed by atoms with Crippen molar-refractivity contribution in [2.75, 3.05) is 47.3 Å². The Labute approximate surface area is 97.0 Å². The summed E-state index contributed by atoms with van der Waals surface area (Å²) in [7, 11) is 3.14. The molecule has 0 N–H and O–H groups in total. The van der Waals surface area contributed by atoms with Crippen molar-refractivity contribution in [3.8, 4) is 0 Å². The first-order valence-electron chi connectivity index (χ1n) is 5.22. The number of nitrogens with zero attached hydrogens (tertiary/aromatic N) is 1. The van der Waals surface area contributed by atoms with E-state index in [2.05, 4.69) is 16.6 Å². The first kappa shape index (κ1) is 15.1. The molecule has 16 heavy (non-hydrogen) atoms. The van der Waals surface area contributed by atoms with Crippen molar-refractivity contribution in [3.05, 3.63) is 12.7 Å². The smallest absolute Gasteiger partial charge is 0.106 e. The van der Waals surface area contributed by atoms with Gasteiger partial charge in [-0.1, -0.05) is 11.7 Å². The van der Waals surface area contributed by atoms with E-state index in [0.29, 0.717) is 38.7 Å². The van der Waals surface area contributed by atoms with Gasteiger partial charge in [-0.2, -0.15) is 0 Å². The number of methoxy groups -OCH3 is 1. The molecule has 0 fully saturated rings. The standard InChI is InChI=1S/C11H21NO4/c1-4-11(12-14-3)10-16-7-5-6-15-9-8-13-2/h4H,1,5-10H2,2-3H3/b12-11+. The van der Waals surface area contributed by atoms with E-state index < -0.39 is 0 Å². The molecule has 0 bridgehead atoms. The van der Waals surface area contributed by atoms with Crippen molar-refractivity contribution in [3.63, 3.8) is 0 Å². The average Bonchev–Trinajstić information content (AvgIpc) is 2.31. The molecule has 5 nitrogen and oxygen atoms in total. The molecular formula is C11H21NO4. The lowest BCUT2D eigenvalue weighted by Crippen LogP contribution is -2.10. The van der Waals surface area contributed by atoms with E-state index in [1.54, 1.807) is 13.2 Å². The third-order valence-corrected chi connectivity index (χ3v) is 1.70. The fourth-order valence-corrected chi connectivity index (χ4v) is 0.924. The molecule has 0 aromatic heterocycles. The van der Waals surface area contributed by atoms with Crippen LogP contribution >= 0.6 is 0 Å². The highest BCUT2D eigenvalue weighted by atomic mass is 16.6. The first-order valence-corrected chi connectivity index (χ1v) is 5.22. The van der Waals surface area contributed by atoms with Gasteiger partial charge in [0, 0.05) is 20.3 Å². The highest BCUT2D eigenvalue weighted by Gasteiger charge is 1.95. The number of ether oxygens (including phenoxy) is 3. The number of hydrogen-bond donors (Lipinski definition) is 0. The van der Waals surface area contributed by atoms with Crippen LogP contribution < -0.4 is 0 Å². The Balaban J connectivity index is 3.26. The second-order valence-corrected chi connectivity index (χ2v) is 2.98. The van der Waals surface area contributed by atoms with E-state index in [4.69, 9.17) is 14.2 Å². The van der Waals surface area contributed by atoms with Gasteiger partial charge in [-0.25, -0.2) is 0 Å². The molecule has 0 aliphatic carbocycles. The van der Waals surface area contributed by atoms with Crippen LogP contribution in [-0.4, -0.2) is 53.0 Å². The van der Waals surface area contributed by atoms with E-state index in [1.807, 2.05) is 0 Å². The summed E-state index contributed by atoms with van der Waals surface area (Å²) in [5.74, 6) is 0. The molecule has 0 unspecified atom stereocenters. The summed E-state index contributed by atoms with van der Waals surface area (Å²) in [4.78, 5) is 4.62.